The zero-order chi connectivity index (χ0) is 13.5. The number of amides is 1. The number of rotatable bonds is 7. The lowest BCUT2D eigenvalue weighted by Gasteiger charge is -2.14. The summed E-state index contributed by atoms with van der Waals surface area (Å²) in [6.45, 7) is 4.12. The zero-order valence-corrected chi connectivity index (χ0v) is 11.5. The molecule has 5 heteroatoms. The molecule has 0 bridgehead atoms. The number of anilines is 1. The van der Waals surface area contributed by atoms with Gasteiger partial charge in [-0.2, -0.15) is 0 Å². The van der Waals surface area contributed by atoms with Crippen LogP contribution in [0.25, 0.3) is 0 Å². The van der Waals surface area contributed by atoms with Crippen molar-refractivity contribution in [3.8, 4) is 0 Å². The minimum absolute atomic E-state index is 0.00233. The molecule has 0 aliphatic heterocycles. The second-order valence-electron chi connectivity index (χ2n) is 4.23. The average Bonchev–Trinajstić information content (AvgIpc) is 2.77. The first kappa shape index (κ1) is 14.7. The fraction of sp³-hybridized carbons (Fsp3) is 0.538. The van der Waals surface area contributed by atoms with Crippen LogP contribution in [0.4, 0.5) is 5.00 Å². The van der Waals surface area contributed by atoms with Gasteiger partial charge in [-0.25, -0.2) is 4.79 Å². The first-order valence-corrected chi connectivity index (χ1v) is 7.04. The van der Waals surface area contributed by atoms with Gasteiger partial charge >= 0.3 is 5.97 Å². The van der Waals surface area contributed by atoms with E-state index in [1.807, 2.05) is 0 Å². The summed E-state index contributed by atoms with van der Waals surface area (Å²) in [5, 5.41) is 12.2. The van der Waals surface area contributed by atoms with Gasteiger partial charge in [-0.3, -0.25) is 4.79 Å². The summed E-state index contributed by atoms with van der Waals surface area (Å²) in [5.41, 5.74) is 0. The lowest BCUT2D eigenvalue weighted by molar-refractivity contribution is -0.120. The van der Waals surface area contributed by atoms with Crippen molar-refractivity contribution >= 4 is 28.2 Å². The van der Waals surface area contributed by atoms with Crippen molar-refractivity contribution in [2.75, 3.05) is 5.32 Å². The molecule has 1 rings (SSSR count). The average molecular weight is 269 g/mol. The van der Waals surface area contributed by atoms with Crippen LogP contribution < -0.4 is 5.32 Å². The van der Waals surface area contributed by atoms with E-state index < -0.39 is 5.97 Å². The maximum absolute atomic E-state index is 12.0. The molecule has 0 aliphatic carbocycles. The molecule has 0 aliphatic rings. The van der Waals surface area contributed by atoms with Gasteiger partial charge in [-0.15, -0.1) is 11.3 Å². The number of carbonyl (C=O) groups is 2. The van der Waals surface area contributed by atoms with Crippen molar-refractivity contribution in [3.05, 3.63) is 17.0 Å². The van der Waals surface area contributed by atoms with Gasteiger partial charge in [0.25, 0.3) is 0 Å². The Labute approximate surface area is 111 Å². The Hall–Kier alpha value is -1.36. The van der Waals surface area contributed by atoms with Crippen LogP contribution in [0.15, 0.2) is 12.1 Å². The Kier molecular flexibility index (Phi) is 5.85. The van der Waals surface area contributed by atoms with Crippen molar-refractivity contribution in [2.45, 2.75) is 39.5 Å². The van der Waals surface area contributed by atoms with Gasteiger partial charge in [-0.1, -0.05) is 26.7 Å². The molecule has 2 N–H and O–H groups in total. The van der Waals surface area contributed by atoms with Gasteiger partial charge in [0.15, 0.2) is 0 Å². The molecule has 18 heavy (non-hydrogen) atoms. The standard InChI is InChI=1S/C13H19NO3S/c1-3-5-9(6-4-2)12(15)14-11-8-7-10(18-11)13(16)17/h7-9H,3-6H2,1-2H3,(H,14,15)(H,16,17). The van der Waals surface area contributed by atoms with E-state index in [2.05, 4.69) is 19.2 Å². The Morgan fingerprint density at radius 2 is 1.89 bits per heavy atom. The number of carboxylic acid groups (broad SMARTS) is 1. The number of hydrogen-bond donors (Lipinski definition) is 2. The summed E-state index contributed by atoms with van der Waals surface area (Å²) in [4.78, 5) is 23.0. The van der Waals surface area contributed by atoms with Crippen LogP contribution in [-0.2, 0) is 4.79 Å². The molecule has 0 unspecified atom stereocenters. The number of aromatic carboxylic acids is 1. The predicted octanol–water partition coefficient (Wildman–Crippen LogP) is 3.60. The fourth-order valence-corrected chi connectivity index (χ4v) is 2.59. The Bertz CT molecular complexity index is 408. The van der Waals surface area contributed by atoms with Crippen LogP contribution in [0.1, 0.15) is 49.2 Å². The molecule has 0 saturated carbocycles. The first-order chi connectivity index (χ1) is 8.58. The smallest absolute Gasteiger partial charge is 0.345 e. The molecule has 1 aromatic heterocycles. The molecule has 0 spiro atoms. The molecular formula is C13H19NO3S. The third-order valence-electron chi connectivity index (χ3n) is 2.71. The number of carbonyl (C=O) groups excluding carboxylic acids is 1. The lowest BCUT2D eigenvalue weighted by Crippen LogP contribution is -2.22. The van der Waals surface area contributed by atoms with E-state index in [0.717, 1.165) is 37.0 Å². The van der Waals surface area contributed by atoms with Crippen molar-refractivity contribution in [1.29, 1.82) is 0 Å². The van der Waals surface area contributed by atoms with Gasteiger partial charge < -0.3 is 10.4 Å². The van der Waals surface area contributed by atoms with E-state index in [-0.39, 0.29) is 16.7 Å². The normalized spacial score (nSPS) is 10.6. The van der Waals surface area contributed by atoms with Crippen molar-refractivity contribution in [1.82, 2.24) is 0 Å². The maximum atomic E-state index is 12.0. The van der Waals surface area contributed by atoms with E-state index in [9.17, 15) is 9.59 Å². The molecule has 0 saturated heterocycles. The quantitative estimate of drug-likeness (QED) is 0.794. The summed E-state index contributed by atoms with van der Waals surface area (Å²) in [6.07, 6.45) is 3.69. The molecule has 0 atom stereocenters. The SMILES string of the molecule is CCCC(CCC)C(=O)Nc1ccc(C(=O)O)s1. The highest BCUT2D eigenvalue weighted by Gasteiger charge is 2.17. The fourth-order valence-electron chi connectivity index (χ4n) is 1.85. The van der Waals surface area contributed by atoms with Gasteiger partial charge in [0.2, 0.25) is 5.91 Å². The first-order valence-electron chi connectivity index (χ1n) is 6.22. The molecular weight excluding hydrogens is 250 g/mol. The molecule has 4 nitrogen and oxygen atoms in total. The molecule has 1 aromatic rings. The molecule has 0 aromatic carbocycles. The Morgan fingerprint density at radius 1 is 1.28 bits per heavy atom. The third-order valence-corrected chi connectivity index (χ3v) is 3.70. The topological polar surface area (TPSA) is 66.4 Å². The highest BCUT2D eigenvalue weighted by molar-refractivity contribution is 7.18. The lowest BCUT2D eigenvalue weighted by atomic mass is 9.97. The number of nitrogens with one attached hydrogen (secondary N) is 1. The molecule has 100 valence electrons. The van der Waals surface area contributed by atoms with Crippen LogP contribution in [0.2, 0.25) is 0 Å². The molecule has 1 amide bonds. The number of thiophene rings is 1. The van der Waals surface area contributed by atoms with Crippen LogP contribution in [0.5, 0.6) is 0 Å². The Balaban J connectivity index is 2.63. The van der Waals surface area contributed by atoms with Crippen molar-refractivity contribution in [3.63, 3.8) is 0 Å². The van der Waals surface area contributed by atoms with E-state index in [1.165, 1.54) is 6.07 Å². The summed E-state index contributed by atoms with van der Waals surface area (Å²) in [7, 11) is 0. The number of carboxylic acids is 1. The highest BCUT2D eigenvalue weighted by atomic mass is 32.1. The Morgan fingerprint density at radius 3 is 2.33 bits per heavy atom. The maximum Gasteiger partial charge on any atom is 0.345 e. The van der Waals surface area contributed by atoms with Gasteiger partial charge in [0, 0.05) is 5.92 Å². The van der Waals surface area contributed by atoms with E-state index in [4.69, 9.17) is 5.11 Å². The summed E-state index contributed by atoms with van der Waals surface area (Å²) >= 11 is 1.09. The van der Waals surface area contributed by atoms with Gasteiger partial charge in [0.05, 0.1) is 5.00 Å². The largest absolute Gasteiger partial charge is 0.477 e. The van der Waals surface area contributed by atoms with Crippen molar-refractivity contribution < 1.29 is 14.7 Å². The molecule has 0 radical (unpaired) electrons. The highest BCUT2D eigenvalue weighted by Crippen LogP contribution is 2.24. The second-order valence-corrected chi connectivity index (χ2v) is 5.32. The predicted molar refractivity (Wildman–Crippen MR) is 73.2 cm³/mol. The summed E-state index contributed by atoms with van der Waals surface area (Å²) in [6, 6.07) is 3.15. The van der Waals surface area contributed by atoms with Gasteiger partial charge in [-0.05, 0) is 25.0 Å². The molecule has 1 heterocycles. The molecule has 0 fully saturated rings. The van der Waals surface area contributed by atoms with E-state index in [1.54, 1.807) is 6.07 Å². The zero-order valence-electron chi connectivity index (χ0n) is 10.7. The summed E-state index contributed by atoms with van der Waals surface area (Å²) < 4.78 is 0. The monoisotopic (exact) mass is 269 g/mol. The minimum atomic E-state index is -0.959. The second kappa shape index (κ2) is 7.16. The van der Waals surface area contributed by atoms with Crippen molar-refractivity contribution in [2.24, 2.45) is 5.92 Å². The van der Waals surface area contributed by atoms with Crippen LogP contribution >= 0.6 is 11.3 Å². The van der Waals surface area contributed by atoms with Gasteiger partial charge in [0.1, 0.15) is 4.88 Å². The van der Waals surface area contributed by atoms with Crippen LogP contribution in [-0.4, -0.2) is 17.0 Å². The van der Waals surface area contributed by atoms with Crippen LogP contribution in [0.3, 0.4) is 0 Å². The minimum Gasteiger partial charge on any atom is -0.477 e. The third kappa shape index (κ3) is 4.14. The van der Waals surface area contributed by atoms with E-state index in [0.29, 0.717) is 5.00 Å². The van der Waals surface area contributed by atoms with Crippen LogP contribution in [0, 0.1) is 5.92 Å². The van der Waals surface area contributed by atoms with E-state index >= 15 is 0 Å². The summed E-state index contributed by atoms with van der Waals surface area (Å²) in [5.74, 6) is -0.938. The number of hydrogen-bond acceptors (Lipinski definition) is 3.